The first-order chi connectivity index (χ1) is 18.8. The van der Waals surface area contributed by atoms with Gasteiger partial charge in [0.25, 0.3) is 12.3 Å². The van der Waals surface area contributed by atoms with Crippen LogP contribution in [0.3, 0.4) is 0 Å². The van der Waals surface area contributed by atoms with E-state index in [2.05, 4.69) is 15.3 Å². The number of fused-ring (bicyclic) bond motifs is 1. The van der Waals surface area contributed by atoms with Crippen molar-refractivity contribution in [1.29, 1.82) is 0 Å². The van der Waals surface area contributed by atoms with Crippen molar-refractivity contribution in [2.24, 2.45) is 0 Å². The summed E-state index contributed by atoms with van der Waals surface area (Å²) in [6.07, 6.45) is 3.71. The molecule has 9 nitrogen and oxygen atoms in total. The van der Waals surface area contributed by atoms with Crippen molar-refractivity contribution in [1.82, 2.24) is 24.3 Å². The third-order valence-electron chi connectivity index (χ3n) is 6.82. The van der Waals surface area contributed by atoms with Crippen molar-refractivity contribution in [3.8, 4) is 11.3 Å². The number of nitrogens with zero attached hydrogens (tertiary/aromatic N) is 5. The zero-order valence-electron chi connectivity index (χ0n) is 21.1. The van der Waals surface area contributed by atoms with Crippen LogP contribution in [-0.2, 0) is 4.79 Å². The molecule has 0 aliphatic carbocycles. The van der Waals surface area contributed by atoms with Gasteiger partial charge in [0, 0.05) is 60.7 Å². The van der Waals surface area contributed by atoms with Gasteiger partial charge in [-0.1, -0.05) is 6.92 Å². The van der Waals surface area contributed by atoms with Gasteiger partial charge in [-0.2, -0.15) is 0 Å². The van der Waals surface area contributed by atoms with E-state index in [1.165, 1.54) is 18.3 Å². The number of carbonyl (C=O) groups is 2. The number of hydrogen-bond acceptors (Lipinski definition) is 6. The van der Waals surface area contributed by atoms with Crippen LogP contribution in [0.4, 0.5) is 24.8 Å². The fourth-order valence-corrected chi connectivity index (χ4v) is 4.89. The fourth-order valence-electron chi connectivity index (χ4n) is 4.89. The molecular weight excluding hydrogens is 511 g/mol. The number of halogens is 3. The Balaban J connectivity index is 1.47. The highest BCUT2D eigenvalue weighted by atomic mass is 19.3. The number of anilines is 2. The van der Waals surface area contributed by atoms with Crippen LogP contribution in [0.25, 0.3) is 16.8 Å². The highest BCUT2D eigenvalue weighted by molar-refractivity contribution is 6.04. The summed E-state index contributed by atoms with van der Waals surface area (Å²) in [6, 6.07) is 6.07. The highest BCUT2D eigenvalue weighted by Gasteiger charge is 2.29. The molecule has 0 spiro atoms. The maximum absolute atomic E-state index is 15.5. The molecular formula is C27H26F3N7O2. The zero-order chi connectivity index (χ0) is 27.7. The van der Waals surface area contributed by atoms with E-state index in [-0.39, 0.29) is 45.8 Å². The quantitative estimate of drug-likeness (QED) is 0.364. The second-order valence-corrected chi connectivity index (χ2v) is 9.31. The lowest BCUT2D eigenvalue weighted by Crippen LogP contribution is -2.39. The number of nitrogens with two attached hydrogens (primary N) is 1. The minimum atomic E-state index is -2.72. The van der Waals surface area contributed by atoms with E-state index < -0.39 is 18.1 Å². The van der Waals surface area contributed by atoms with Gasteiger partial charge in [-0.3, -0.25) is 14.0 Å². The van der Waals surface area contributed by atoms with Crippen LogP contribution in [0.1, 0.15) is 60.3 Å². The number of amides is 2. The predicted molar refractivity (Wildman–Crippen MR) is 139 cm³/mol. The number of imidazole rings is 1. The van der Waals surface area contributed by atoms with E-state index in [1.807, 2.05) is 11.8 Å². The van der Waals surface area contributed by atoms with Gasteiger partial charge in [0.2, 0.25) is 5.91 Å². The second kappa shape index (κ2) is 10.7. The van der Waals surface area contributed by atoms with E-state index >= 15 is 4.39 Å². The normalized spacial score (nSPS) is 15.6. The van der Waals surface area contributed by atoms with Crippen LogP contribution in [0, 0.1) is 5.82 Å². The Morgan fingerprint density at radius 3 is 2.74 bits per heavy atom. The van der Waals surface area contributed by atoms with E-state index in [0.717, 1.165) is 37.2 Å². The van der Waals surface area contributed by atoms with Crippen molar-refractivity contribution in [2.45, 2.75) is 38.5 Å². The van der Waals surface area contributed by atoms with Gasteiger partial charge in [-0.15, -0.1) is 0 Å². The molecule has 3 N–H and O–H groups in total. The first-order valence-electron chi connectivity index (χ1n) is 12.5. The Bertz CT molecular complexity index is 1560. The zero-order valence-corrected chi connectivity index (χ0v) is 21.1. The number of nitrogens with one attached hydrogen (secondary N) is 1. The van der Waals surface area contributed by atoms with Gasteiger partial charge < -0.3 is 16.0 Å². The first kappa shape index (κ1) is 26.1. The Hall–Kier alpha value is -4.48. The standard InChI is InChI=1S/C27H26F3N7O2/c1-2-21(38)36-10-3-4-17(14-36)26-35-22(23-25(31)33-9-11-37(23)26)18-6-5-16(12-19(18)28)27(39)34-20-13-15(24(29)30)7-8-32-20/h5-9,11-13,17,24H,2-4,10,14H2,1H3,(H2,31,33)(H,32,34,39)/t17-/m1/s1. The average molecular weight is 538 g/mol. The molecule has 0 radical (unpaired) electrons. The molecule has 2 amide bonds. The molecule has 1 aromatic carbocycles. The maximum atomic E-state index is 15.5. The number of aromatic nitrogens is 4. The topological polar surface area (TPSA) is 119 Å². The molecule has 12 heteroatoms. The molecule has 0 bridgehead atoms. The monoisotopic (exact) mass is 537 g/mol. The molecule has 202 valence electrons. The van der Waals surface area contributed by atoms with Crippen molar-refractivity contribution in [3.63, 3.8) is 0 Å². The molecule has 0 unspecified atom stereocenters. The number of carbonyl (C=O) groups excluding carboxylic acids is 2. The molecule has 3 aromatic heterocycles. The number of piperidine rings is 1. The summed E-state index contributed by atoms with van der Waals surface area (Å²) in [7, 11) is 0. The summed E-state index contributed by atoms with van der Waals surface area (Å²) in [6.45, 7) is 3.00. The van der Waals surface area contributed by atoms with Gasteiger partial charge in [0.15, 0.2) is 0 Å². The summed E-state index contributed by atoms with van der Waals surface area (Å²) in [5, 5.41) is 2.41. The fraction of sp³-hybridized carbons (Fsp3) is 0.296. The summed E-state index contributed by atoms with van der Waals surface area (Å²) in [5.41, 5.74) is 6.68. The van der Waals surface area contributed by atoms with Gasteiger partial charge in [0.1, 0.15) is 34.5 Å². The molecule has 1 saturated heterocycles. The Kier molecular flexibility index (Phi) is 7.18. The van der Waals surface area contributed by atoms with E-state index in [9.17, 15) is 18.4 Å². The van der Waals surface area contributed by atoms with E-state index in [1.54, 1.807) is 10.6 Å². The Morgan fingerprint density at radius 1 is 1.18 bits per heavy atom. The Morgan fingerprint density at radius 2 is 2.00 bits per heavy atom. The molecule has 1 aliphatic rings. The van der Waals surface area contributed by atoms with Crippen molar-refractivity contribution < 1.29 is 22.8 Å². The van der Waals surface area contributed by atoms with Gasteiger partial charge in [-0.25, -0.2) is 28.1 Å². The van der Waals surface area contributed by atoms with Gasteiger partial charge in [0.05, 0.1) is 0 Å². The van der Waals surface area contributed by atoms with Crippen LogP contribution in [0.5, 0.6) is 0 Å². The number of hydrogen-bond donors (Lipinski definition) is 2. The predicted octanol–water partition coefficient (Wildman–Crippen LogP) is 4.82. The summed E-state index contributed by atoms with van der Waals surface area (Å²) >= 11 is 0. The largest absolute Gasteiger partial charge is 0.382 e. The molecule has 4 heterocycles. The lowest BCUT2D eigenvalue weighted by atomic mass is 9.97. The summed E-state index contributed by atoms with van der Waals surface area (Å²) in [4.78, 5) is 39.6. The number of benzene rings is 1. The lowest BCUT2D eigenvalue weighted by Gasteiger charge is -2.32. The molecule has 1 atom stereocenters. The second-order valence-electron chi connectivity index (χ2n) is 9.31. The van der Waals surface area contributed by atoms with Gasteiger partial charge in [-0.05, 0) is 43.2 Å². The smallest absolute Gasteiger partial charge is 0.264 e. The van der Waals surface area contributed by atoms with Crippen molar-refractivity contribution >= 4 is 29.0 Å². The SMILES string of the molecule is CCC(=O)N1CCC[C@@H](c2nc(-c3ccc(C(=O)Nc4cc(C(F)F)ccn4)cc3F)c3c(N)nccn23)C1. The average Bonchev–Trinajstić information content (AvgIpc) is 3.33. The van der Waals surface area contributed by atoms with Crippen LogP contribution in [0.15, 0.2) is 48.9 Å². The first-order valence-corrected chi connectivity index (χ1v) is 12.5. The van der Waals surface area contributed by atoms with Crippen molar-refractivity contribution in [3.05, 3.63) is 71.7 Å². The Labute approximate surface area is 221 Å². The van der Waals surface area contributed by atoms with Crippen LogP contribution >= 0.6 is 0 Å². The minimum Gasteiger partial charge on any atom is -0.382 e. The number of likely N-dealkylation sites (tertiary alicyclic amines) is 1. The number of pyridine rings is 1. The third-order valence-corrected chi connectivity index (χ3v) is 6.82. The maximum Gasteiger partial charge on any atom is 0.264 e. The molecule has 1 aliphatic heterocycles. The minimum absolute atomic E-state index is 0.0312. The number of nitrogen functional groups attached to an aromatic ring is 1. The molecule has 39 heavy (non-hydrogen) atoms. The molecule has 5 rings (SSSR count). The third kappa shape index (κ3) is 5.14. The summed E-state index contributed by atoms with van der Waals surface area (Å²) in [5.74, 6) is -0.713. The number of alkyl halides is 2. The van der Waals surface area contributed by atoms with E-state index in [0.29, 0.717) is 30.9 Å². The van der Waals surface area contributed by atoms with Crippen LogP contribution < -0.4 is 11.1 Å². The molecule has 4 aromatic rings. The van der Waals surface area contributed by atoms with Crippen LogP contribution in [0.2, 0.25) is 0 Å². The van der Waals surface area contributed by atoms with Gasteiger partial charge >= 0.3 is 0 Å². The summed E-state index contributed by atoms with van der Waals surface area (Å²) < 4.78 is 43.2. The van der Waals surface area contributed by atoms with E-state index in [4.69, 9.17) is 10.7 Å². The molecule has 1 fully saturated rings. The van der Waals surface area contributed by atoms with Crippen LogP contribution in [-0.4, -0.2) is 49.2 Å². The van der Waals surface area contributed by atoms with Crippen molar-refractivity contribution in [2.75, 3.05) is 24.1 Å². The highest BCUT2D eigenvalue weighted by Crippen LogP contribution is 2.35. The lowest BCUT2D eigenvalue weighted by molar-refractivity contribution is -0.132. The number of rotatable bonds is 6. The molecule has 0 saturated carbocycles.